The summed E-state index contributed by atoms with van der Waals surface area (Å²) >= 11 is 5.84. The molecule has 92 valence electrons. The molecule has 0 saturated carbocycles. The first-order valence-corrected chi connectivity index (χ1v) is 6.19. The van der Waals surface area contributed by atoms with E-state index in [0.29, 0.717) is 5.02 Å². The van der Waals surface area contributed by atoms with E-state index in [-0.39, 0.29) is 11.2 Å². The summed E-state index contributed by atoms with van der Waals surface area (Å²) < 4.78 is 13.2. The van der Waals surface area contributed by atoms with E-state index in [4.69, 9.17) is 11.6 Å². The molecule has 0 spiro atoms. The van der Waals surface area contributed by atoms with Crippen molar-refractivity contribution in [3.63, 3.8) is 0 Å². The van der Waals surface area contributed by atoms with E-state index < -0.39 is 0 Å². The van der Waals surface area contributed by atoms with Crippen molar-refractivity contribution < 1.29 is 4.39 Å². The Morgan fingerprint density at radius 3 is 2.88 bits per heavy atom. The molecule has 1 aromatic rings. The lowest BCUT2D eigenvalue weighted by Crippen LogP contribution is -2.23. The Morgan fingerprint density at radius 2 is 2.29 bits per heavy atom. The topological polar surface area (TPSA) is 3.24 Å². The predicted octanol–water partition coefficient (Wildman–Crippen LogP) is 3.88. The van der Waals surface area contributed by atoms with Gasteiger partial charge in [0.2, 0.25) is 0 Å². The summed E-state index contributed by atoms with van der Waals surface area (Å²) in [6, 6.07) is 4.71. The van der Waals surface area contributed by atoms with E-state index in [1.165, 1.54) is 6.07 Å². The fraction of sp³-hybridized carbons (Fsp3) is 0.429. The van der Waals surface area contributed by atoms with Gasteiger partial charge in [0, 0.05) is 18.1 Å². The fourth-order valence-electron chi connectivity index (χ4n) is 2.34. The van der Waals surface area contributed by atoms with Crippen LogP contribution in [0.3, 0.4) is 0 Å². The molecule has 1 nitrogen and oxygen atoms in total. The Balaban J connectivity index is 2.05. The van der Waals surface area contributed by atoms with Gasteiger partial charge in [0.25, 0.3) is 0 Å². The summed E-state index contributed by atoms with van der Waals surface area (Å²) in [5, 5.41) is 0.464. The van der Waals surface area contributed by atoms with Gasteiger partial charge in [-0.25, -0.2) is 4.39 Å². The van der Waals surface area contributed by atoms with Crippen LogP contribution in [0.1, 0.15) is 18.9 Å². The molecule has 0 bridgehead atoms. The van der Waals surface area contributed by atoms with E-state index in [1.807, 2.05) is 12.1 Å². The molecule has 1 aromatic carbocycles. The maximum atomic E-state index is 13.2. The minimum atomic E-state index is -0.266. The zero-order chi connectivity index (χ0) is 12.5. The molecule has 17 heavy (non-hydrogen) atoms. The highest BCUT2D eigenvalue weighted by atomic mass is 35.5. The van der Waals surface area contributed by atoms with Crippen molar-refractivity contribution in [2.75, 3.05) is 13.1 Å². The third kappa shape index (κ3) is 3.08. The van der Waals surface area contributed by atoms with Gasteiger partial charge >= 0.3 is 0 Å². The monoisotopic (exact) mass is 253 g/mol. The number of nitrogens with zero attached hydrogens (tertiary/aromatic N) is 1. The number of rotatable bonds is 3. The van der Waals surface area contributed by atoms with Crippen molar-refractivity contribution >= 4 is 11.6 Å². The van der Waals surface area contributed by atoms with Crippen LogP contribution < -0.4 is 0 Å². The molecule has 1 aliphatic rings. The highest BCUT2D eigenvalue weighted by molar-refractivity contribution is 6.30. The molecule has 1 heterocycles. The smallest absolute Gasteiger partial charge is 0.125 e. The summed E-state index contributed by atoms with van der Waals surface area (Å²) in [5.41, 5.74) is 1.13. The van der Waals surface area contributed by atoms with Crippen LogP contribution in [0.25, 0.3) is 0 Å². The minimum absolute atomic E-state index is 0.192. The van der Waals surface area contributed by atoms with Crippen molar-refractivity contribution in [3.8, 4) is 0 Å². The summed E-state index contributed by atoms with van der Waals surface area (Å²) in [6.45, 7) is 8.84. The van der Waals surface area contributed by atoms with Crippen molar-refractivity contribution in [2.45, 2.75) is 19.9 Å². The fourth-order valence-corrected chi connectivity index (χ4v) is 2.59. The number of hydrogen-bond acceptors (Lipinski definition) is 1. The average Bonchev–Trinajstić information content (AvgIpc) is 2.59. The van der Waals surface area contributed by atoms with Crippen molar-refractivity contribution in [1.82, 2.24) is 4.90 Å². The lowest BCUT2D eigenvalue weighted by molar-refractivity contribution is 0.300. The van der Waals surface area contributed by atoms with E-state index in [9.17, 15) is 4.39 Å². The molecule has 1 saturated heterocycles. The molecule has 0 aromatic heterocycles. The van der Waals surface area contributed by atoms with Crippen LogP contribution in [0.5, 0.6) is 0 Å². The van der Waals surface area contributed by atoms with Crippen LogP contribution in [-0.2, 0) is 6.54 Å². The Bertz CT molecular complexity index is 412. The van der Waals surface area contributed by atoms with Gasteiger partial charge in [-0.05, 0) is 42.1 Å². The molecular formula is C14H17ClFN. The normalized spacial score (nSPS) is 25.1. The molecule has 0 aliphatic carbocycles. The highest BCUT2D eigenvalue weighted by Crippen LogP contribution is 2.31. The van der Waals surface area contributed by atoms with E-state index in [2.05, 4.69) is 18.4 Å². The van der Waals surface area contributed by atoms with Gasteiger partial charge in [-0.2, -0.15) is 0 Å². The SMILES string of the molecule is C=C[C@]1(C)CCN(Cc2cc(F)cc(Cl)c2)C1. The second-order valence-corrected chi connectivity index (χ2v) is 5.53. The van der Waals surface area contributed by atoms with Gasteiger partial charge in [0.1, 0.15) is 5.82 Å². The molecule has 0 unspecified atom stereocenters. The largest absolute Gasteiger partial charge is 0.298 e. The van der Waals surface area contributed by atoms with E-state index >= 15 is 0 Å². The van der Waals surface area contributed by atoms with E-state index in [1.54, 1.807) is 6.07 Å². The van der Waals surface area contributed by atoms with Crippen LogP contribution in [0.2, 0.25) is 5.02 Å². The van der Waals surface area contributed by atoms with Crippen molar-refractivity contribution in [1.29, 1.82) is 0 Å². The maximum Gasteiger partial charge on any atom is 0.125 e. The first-order chi connectivity index (χ1) is 8.00. The number of benzene rings is 1. The first kappa shape index (κ1) is 12.6. The Hall–Kier alpha value is -0.860. The Kier molecular flexibility index (Phi) is 3.55. The number of hydrogen-bond donors (Lipinski definition) is 0. The summed E-state index contributed by atoms with van der Waals surface area (Å²) in [4.78, 5) is 2.31. The van der Waals surface area contributed by atoms with Crippen LogP contribution in [0.4, 0.5) is 4.39 Å². The van der Waals surface area contributed by atoms with Crippen LogP contribution >= 0.6 is 11.6 Å². The standard InChI is InChI=1S/C14H17ClFN/c1-3-14(2)4-5-17(10-14)9-11-6-12(15)8-13(16)7-11/h3,6-8H,1,4-5,9-10H2,2H3/t14-/m1/s1. The Morgan fingerprint density at radius 1 is 1.53 bits per heavy atom. The summed E-state index contributed by atoms with van der Waals surface area (Å²) in [6.07, 6.45) is 3.13. The van der Waals surface area contributed by atoms with Gasteiger partial charge in [-0.15, -0.1) is 6.58 Å². The van der Waals surface area contributed by atoms with Crippen LogP contribution in [0, 0.1) is 11.2 Å². The minimum Gasteiger partial charge on any atom is -0.298 e. The maximum absolute atomic E-state index is 13.2. The molecule has 0 radical (unpaired) electrons. The van der Waals surface area contributed by atoms with Crippen molar-refractivity contribution in [3.05, 3.63) is 47.3 Å². The summed E-state index contributed by atoms with van der Waals surface area (Å²) in [7, 11) is 0. The first-order valence-electron chi connectivity index (χ1n) is 5.82. The lowest BCUT2D eigenvalue weighted by atomic mass is 9.90. The van der Waals surface area contributed by atoms with E-state index in [0.717, 1.165) is 31.6 Å². The zero-order valence-electron chi connectivity index (χ0n) is 10.0. The molecule has 1 fully saturated rings. The Labute approximate surface area is 107 Å². The molecule has 0 amide bonds. The predicted molar refractivity (Wildman–Crippen MR) is 69.6 cm³/mol. The average molecular weight is 254 g/mol. The van der Waals surface area contributed by atoms with Gasteiger partial charge in [0.15, 0.2) is 0 Å². The number of likely N-dealkylation sites (tertiary alicyclic amines) is 1. The quantitative estimate of drug-likeness (QED) is 0.739. The molecule has 0 N–H and O–H groups in total. The second kappa shape index (κ2) is 4.79. The molecule has 1 aliphatic heterocycles. The molecule has 2 rings (SSSR count). The molecular weight excluding hydrogens is 237 g/mol. The number of halogens is 2. The molecule has 1 atom stereocenters. The van der Waals surface area contributed by atoms with Crippen LogP contribution in [-0.4, -0.2) is 18.0 Å². The third-order valence-corrected chi connectivity index (χ3v) is 3.62. The second-order valence-electron chi connectivity index (χ2n) is 5.10. The van der Waals surface area contributed by atoms with Crippen molar-refractivity contribution in [2.24, 2.45) is 5.41 Å². The lowest BCUT2D eigenvalue weighted by Gasteiger charge is -2.20. The van der Waals surface area contributed by atoms with Gasteiger partial charge in [0.05, 0.1) is 0 Å². The zero-order valence-corrected chi connectivity index (χ0v) is 10.8. The third-order valence-electron chi connectivity index (χ3n) is 3.41. The van der Waals surface area contributed by atoms with Gasteiger partial charge < -0.3 is 0 Å². The van der Waals surface area contributed by atoms with Crippen LogP contribution in [0.15, 0.2) is 30.9 Å². The highest BCUT2D eigenvalue weighted by Gasteiger charge is 2.30. The van der Waals surface area contributed by atoms with Gasteiger partial charge in [-0.1, -0.05) is 24.6 Å². The molecule has 3 heteroatoms. The van der Waals surface area contributed by atoms with Gasteiger partial charge in [-0.3, -0.25) is 4.90 Å². The summed E-state index contributed by atoms with van der Waals surface area (Å²) in [5.74, 6) is -0.266.